The molecule has 38 heavy (non-hydrogen) atoms. The Morgan fingerprint density at radius 1 is 1.03 bits per heavy atom. The number of nitrogens with one attached hydrogen (secondary N) is 1. The average Bonchev–Trinajstić information content (AvgIpc) is 3.73. The maximum atomic E-state index is 14.0. The van der Waals surface area contributed by atoms with Gasteiger partial charge in [-0.1, -0.05) is 60.7 Å². The summed E-state index contributed by atoms with van der Waals surface area (Å²) in [7, 11) is -1.97. The highest BCUT2D eigenvalue weighted by Crippen LogP contribution is 2.41. The van der Waals surface area contributed by atoms with E-state index in [1.165, 1.54) is 23.5 Å². The zero-order chi connectivity index (χ0) is 26.9. The van der Waals surface area contributed by atoms with E-state index in [0.717, 1.165) is 46.7 Å². The molecule has 1 aliphatic carbocycles. The highest BCUT2D eigenvalue weighted by atomic mass is 32.2. The van der Waals surface area contributed by atoms with Crippen LogP contribution in [0.2, 0.25) is 0 Å². The summed E-state index contributed by atoms with van der Waals surface area (Å²) in [5.41, 5.74) is 4.38. The number of rotatable bonds is 9. The summed E-state index contributed by atoms with van der Waals surface area (Å²) in [6, 6.07) is 23.3. The smallest absolute Gasteiger partial charge is 0.224 e. The minimum Gasteiger partial charge on any atom is -0.349 e. The molecule has 3 aromatic carbocycles. The second-order valence-corrected chi connectivity index (χ2v) is 12.0. The molecule has 5 rings (SSSR count). The van der Waals surface area contributed by atoms with Crippen LogP contribution >= 0.6 is 0 Å². The highest BCUT2D eigenvalue weighted by Gasteiger charge is 2.34. The van der Waals surface area contributed by atoms with Crippen molar-refractivity contribution in [2.45, 2.75) is 31.8 Å². The minimum atomic E-state index is -3.49. The maximum absolute atomic E-state index is 14.0. The normalized spacial score (nSPS) is 14.5. The quantitative estimate of drug-likeness (QED) is 0.320. The summed E-state index contributed by atoms with van der Waals surface area (Å²) in [5, 5.41) is 3.95. The number of amides is 1. The predicted octanol–water partition coefficient (Wildman–Crippen LogP) is 5.24. The largest absolute Gasteiger partial charge is 0.349 e. The highest BCUT2D eigenvalue weighted by molar-refractivity contribution is 7.88. The number of aromatic nitrogens is 1. The van der Waals surface area contributed by atoms with Crippen LogP contribution in [0.3, 0.4) is 0 Å². The van der Waals surface area contributed by atoms with Gasteiger partial charge in [0.05, 0.1) is 29.9 Å². The van der Waals surface area contributed by atoms with Crippen LogP contribution < -0.4 is 5.32 Å². The van der Waals surface area contributed by atoms with Gasteiger partial charge < -0.3 is 5.32 Å². The average molecular weight is 532 g/mol. The molecule has 0 radical (unpaired) electrons. The molecule has 196 valence electrons. The van der Waals surface area contributed by atoms with Crippen molar-refractivity contribution < 1.29 is 17.6 Å². The number of halogens is 1. The van der Waals surface area contributed by atoms with Gasteiger partial charge in [-0.15, -0.1) is 0 Å². The monoisotopic (exact) mass is 531 g/mol. The first-order valence-electron chi connectivity index (χ1n) is 12.6. The van der Waals surface area contributed by atoms with Crippen LogP contribution in [-0.4, -0.2) is 36.9 Å². The van der Waals surface area contributed by atoms with E-state index < -0.39 is 10.0 Å². The first-order valence-corrected chi connectivity index (χ1v) is 14.5. The third-order valence-electron chi connectivity index (χ3n) is 7.06. The molecule has 0 bridgehead atoms. The molecule has 1 N–H and O–H groups in total. The molecule has 8 heteroatoms. The van der Waals surface area contributed by atoms with Gasteiger partial charge in [0.25, 0.3) is 0 Å². The molecule has 6 nitrogen and oxygen atoms in total. The molecule has 0 aliphatic heterocycles. The lowest BCUT2D eigenvalue weighted by atomic mass is 9.94. The molecule has 1 atom stereocenters. The number of para-hydroxylation sites is 1. The maximum Gasteiger partial charge on any atom is 0.224 e. The first kappa shape index (κ1) is 26.0. The van der Waals surface area contributed by atoms with Gasteiger partial charge in [0.1, 0.15) is 5.82 Å². The molecule has 0 saturated heterocycles. The number of fused-ring (bicyclic) bond motifs is 1. The second-order valence-electron chi connectivity index (χ2n) is 9.93. The van der Waals surface area contributed by atoms with E-state index in [0.29, 0.717) is 11.3 Å². The molecular weight excluding hydrogens is 501 g/mol. The van der Waals surface area contributed by atoms with E-state index in [9.17, 15) is 17.6 Å². The number of benzene rings is 3. The summed E-state index contributed by atoms with van der Waals surface area (Å²) in [6.07, 6.45) is 3.15. The van der Waals surface area contributed by atoms with Gasteiger partial charge in [-0.05, 0) is 53.6 Å². The number of carbonyl (C=O) groups is 1. The van der Waals surface area contributed by atoms with Crippen molar-refractivity contribution in [3.05, 3.63) is 101 Å². The minimum absolute atomic E-state index is 0.0360. The van der Waals surface area contributed by atoms with Crippen molar-refractivity contribution in [2.24, 2.45) is 5.92 Å². The third-order valence-corrected chi connectivity index (χ3v) is 8.32. The van der Waals surface area contributed by atoms with Crippen molar-refractivity contribution in [1.82, 2.24) is 14.6 Å². The number of pyridine rings is 1. The number of sulfonamides is 1. The van der Waals surface area contributed by atoms with E-state index in [1.54, 1.807) is 6.07 Å². The van der Waals surface area contributed by atoms with Crippen LogP contribution in [0.1, 0.15) is 35.6 Å². The standard InChI is InChI=1S/C30H30FN3O3S/c1-34(38(2,36)37)19-26-25(18-28(35)33-29(21-15-16-21)22-11-8-12-23(31)17-22)24-13-6-7-14-27(24)32-30(26)20-9-4-3-5-10-20/h3-14,17,21,29H,15-16,18-19H2,1-2H3,(H,33,35)/t29-/m0/s1. The summed E-state index contributed by atoms with van der Waals surface area (Å²) >= 11 is 0. The van der Waals surface area contributed by atoms with Gasteiger partial charge in [-0.25, -0.2) is 22.1 Å². The van der Waals surface area contributed by atoms with Crippen LogP contribution in [0.25, 0.3) is 22.2 Å². The summed E-state index contributed by atoms with van der Waals surface area (Å²) in [5.74, 6) is -0.267. The van der Waals surface area contributed by atoms with Crippen molar-refractivity contribution in [3.8, 4) is 11.3 Å². The molecule has 1 heterocycles. The fourth-order valence-corrected chi connectivity index (χ4v) is 5.22. The van der Waals surface area contributed by atoms with Gasteiger partial charge in [0, 0.05) is 24.5 Å². The van der Waals surface area contributed by atoms with Crippen LogP contribution in [0.5, 0.6) is 0 Å². The predicted molar refractivity (Wildman–Crippen MR) is 147 cm³/mol. The lowest BCUT2D eigenvalue weighted by Crippen LogP contribution is -2.32. The van der Waals surface area contributed by atoms with E-state index >= 15 is 0 Å². The Balaban J connectivity index is 1.59. The van der Waals surface area contributed by atoms with Crippen LogP contribution in [0.4, 0.5) is 4.39 Å². The number of hydrogen-bond acceptors (Lipinski definition) is 4. The van der Waals surface area contributed by atoms with E-state index in [-0.39, 0.29) is 36.6 Å². The molecular formula is C30H30FN3O3S. The Morgan fingerprint density at radius 3 is 2.42 bits per heavy atom. The molecule has 1 saturated carbocycles. The topological polar surface area (TPSA) is 79.4 Å². The lowest BCUT2D eigenvalue weighted by Gasteiger charge is -2.23. The van der Waals surface area contributed by atoms with E-state index in [4.69, 9.17) is 4.98 Å². The van der Waals surface area contributed by atoms with Gasteiger partial charge >= 0.3 is 0 Å². The molecule has 0 unspecified atom stereocenters. The van der Waals surface area contributed by atoms with Crippen LogP contribution in [0, 0.1) is 11.7 Å². The molecule has 1 aliphatic rings. The number of hydrogen-bond donors (Lipinski definition) is 1. The van der Waals surface area contributed by atoms with Crippen molar-refractivity contribution >= 4 is 26.8 Å². The van der Waals surface area contributed by atoms with E-state index in [2.05, 4.69) is 5.32 Å². The van der Waals surface area contributed by atoms with Crippen LogP contribution in [0.15, 0.2) is 78.9 Å². The Hall–Kier alpha value is -3.62. The number of nitrogens with zero attached hydrogens (tertiary/aromatic N) is 2. The zero-order valence-corrected chi connectivity index (χ0v) is 22.2. The molecule has 4 aromatic rings. The Kier molecular flexibility index (Phi) is 7.27. The van der Waals surface area contributed by atoms with Gasteiger partial charge in [-0.2, -0.15) is 0 Å². The van der Waals surface area contributed by atoms with Gasteiger partial charge in [-0.3, -0.25) is 4.79 Å². The first-order chi connectivity index (χ1) is 18.2. The van der Waals surface area contributed by atoms with E-state index in [1.807, 2.05) is 60.7 Å². The Morgan fingerprint density at radius 2 is 1.74 bits per heavy atom. The molecule has 1 fully saturated rings. The van der Waals surface area contributed by atoms with Gasteiger partial charge in [0.2, 0.25) is 15.9 Å². The zero-order valence-electron chi connectivity index (χ0n) is 21.4. The molecule has 1 aromatic heterocycles. The molecule has 1 amide bonds. The fourth-order valence-electron chi connectivity index (χ4n) is 4.85. The molecule has 0 spiro atoms. The summed E-state index contributed by atoms with van der Waals surface area (Å²) < 4.78 is 40.0. The second kappa shape index (κ2) is 10.6. The third kappa shape index (κ3) is 5.76. The van der Waals surface area contributed by atoms with Crippen molar-refractivity contribution in [2.75, 3.05) is 13.3 Å². The fraction of sp³-hybridized carbons (Fsp3) is 0.267. The number of carbonyl (C=O) groups excluding carboxylic acids is 1. The van der Waals surface area contributed by atoms with Crippen LogP contribution in [-0.2, 0) is 27.8 Å². The van der Waals surface area contributed by atoms with Crippen molar-refractivity contribution in [1.29, 1.82) is 0 Å². The Labute approximate surface area is 222 Å². The Bertz CT molecular complexity index is 1590. The summed E-state index contributed by atoms with van der Waals surface area (Å²) in [6.45, 7) is 0.0689. The summed E-state index contributed by atoms with van der Waals surface area (Å²) in [4.78, 5) is 18.5. The lowest BCUT2D eigenvalue weighted by molar-refractivity contribution is -0.121. The SMILES string of the molecule is CN(Cc1c(-c2ccccc2)nc2ccccc2c1CC(=O)N[C@H](c1cccc(F)c1)C1CC1)S(C)(=O)=O. The van der Waals surface area contributed by atoms with Gasteiger partial charge in [0.15, 0.2) is 0 Å². The van der Waals surface area contributed by atoms with Crippen molar-refractivity contribution in [3.63, 3.8) is 0 Å².